The molecule has 0 unspecified atom stereocenters. The zero-order valence-corrected chi connectivity index (χ0v) is 20.4. The first-order valence-corrected chi connectivity index (χ1v) is 11.7. The van der Waals surface area contributed by atoms with E-state index in [1.807, 2.05) is 11.0 Å². The molecule has 31 heavy (non-hydrogen) atoms. The first kappa shape index (κ1) is 23.7. The lowest BCUT2D eigenvalue weighted by molar-refractivity contribution is -0.0000139. The predicted molar refractivity (Wildman–Crippen MR) is 127 cm³/mol. The molecule has 0 atom stereocenters. The number of benzene rings is 2. The summed E-state index contributed by atoms with van der Waals surface area (Å²) < 4.78 is 1.15. The molecule has 2 aromatic carbocycles. The lowest BCUT2D eigenvalue weighted by Gasteiger charge is -2.22. The fraction of sp³-hybridized carbons (Fsp3) is 0.440. The van der Waals surface area contributed by atoms with E-state index in [1.54, 1.807) is 11.3 Å². The number of carbonyl (C=O) groups excluding carboxylic acids is 1. The van der Waals surface area contributed by atoms with E-state index in [9.17, 15) is 4.79 Å². The van der Waals surface area contributed by atoms with E-state index < -0.39 is 0 Å². The summed E-state index contributed by atoms with van der Waals surface area (Å²) in [5.74, 6) is 0.0653. The SMILES string of the molecule is Cc1cc(C)c2nc(N(CCCN(C)C)C(=O)c3ccc4c(c3)CCCC4)sc2c1.[Cl-]. The van der Waals surface area contributed by atoms with E-state index >= 15 is 0 Å². The van der Waals surface area contributed by atoms with Gasteiger partial charge < -0.3 is 17.3 Å². The van der Waals surface area contributed by atoms with Crippen molar-refractivity contribution in [3.8, 4) is 0 Å². The number of amides is 1. The lowest BCUT2D eigenvalue weighted by Crippen LogP contribution is -3.00. The summed E-state index contributed by atoms with van der Waals surface area (Å²) in [4.78, 5) is 22.6. The van der Waals surface area contributed by atoms with Crippen LogP contribution in [-0.2, 0) is 12.8 Å². The molecular weight excluding hydrogens is 426 g/mol. The van der Waals surface area contributed by atoms with Crippen molar-refractivity contribution in [1.29, 1.82) is 0 Å². The molecule has 1 amide bonds. The zero-order valence-electron chi connectivity index (χ0n) is 18.9. The smallest absolute Gasteiger partial charge is 0.260 e. The van der Waals surface area contributed by atoms with Gasteiger partial charge in [0.15, 0.2) is 5.13 Å². The van der Waals surface area contributed by atoms with Crippen molar-refractivity contribution in [2.75, 3.05) is 32.1 Å². The second kappa shape index (κ2) is 10.1. The number of nitrogens with zero attached hydrogens (tertiary/aromatic N) is 3. The van der Waals surface area contributed by atoms with Crippen LogP contribution in [0.4, 0.5) is 5.13 Å². The highest BCUT2D eigenvalue weighted by Gasteiger charge is 2.23. The van der Waals surface area contributed by atoms with Gasteiger partial charge >= 0.3 is 0 Å². The van der Waals surface area contributed by atoms with Crippen molar-refractivity contribution in [3.05, 3.63) is 58.1 Å². The van der Waals surface area contributed by atoms with Crippen molar-refractivity contribution >= 4 is 32.6 Å². The highest BCUT2D eigenvalue weighted by molar-refractivity contribution is 7.22. The van der Waals surface area contributed by atoms with Gasteiger partial charge in [0.1, 0.15) is 0 Å². The topological polar surface area (TPSA) is 36.4 Å². The van der Waals surface area contributed by atoms with E-state index in [0.29, 0.717) is 6.54 Å². The van der Waals surface area contributed by atoms with E-state index in [-0.39, 0.29) is 18.3 Å². The Labute approximate surface area is 195 Å². The Bertz CT molecular complexity index is 1080. The van der Waals surface area contributed by atoms with E-state index in [0.717, 1.165) is 46.7 Å². The number of fused-ring (bicyclic) bond motifs is 2. The Balaban J connectivity index is 0.00000272. The van der Waals surface area contributed by atoms with Gasteiger partial charge in [0, 0.05) is 12.1 Å². The summed E-state index contributed by atoms with van der Waals surface area (Å²) in [5.41, 5.74) is 6.95. The number of thiazole rings is 1. The maximum absolute atomic E-state index is 13.6. The minimum absolute atomic E-state index is 0. The maximum atomic E-state index is 13.6. The minimum Gasteiger partial charge on any atom is -1.00 e. The number of carbonyl (C=O) groups is 1. The van der Waals surface area contributed by atoms with Gasteiger partial charge in [-0.2, -0.15) is 0 Å². The van der Waals surface area contributed by atoms with Gasteiger partial charge in [-0.25, -0.2) is 4.98 Å². The predicted octanol–water partition coefficient (Wildman–Crippen LogP) is 2.39. The van der Waals surface area contributed by atoms with Gasteiger partial charge in [0.2, 0.25) is 0 Å². The molecule has 0 radical (unpaired) electrons. The molecule has 0 spiro atoms. The van der Waals surface area contributed by atoms with Gasteiger partial charge in [-0.3, -0.25) is 9.69 Å². The van der Waals surface area contributed by atoms with Crippen LogP contribution >= 0.6 is 11.3 Å². The minimum atomic E-state index is 0. The third kappa shape index (κ3) is 5.28. The van der Waals surface area contributed by atoms with E-state index in [1.165, 1.54) is 35.1 Å². The molecule has 0 N–H and O–H groups in total. The second-order valence-electron chi connectivity index (χ2n) is 8.73. The number of hydrogen-bond acceptors (Lipinski definition) is 4. The van der Waals surface area contributed by atoms with Gasteiger partial charge in [-0.15, -0.1) is 0 Å². The number of halogens is 1. The number of aromatic nitrogens is 1. The molecule has 0 bridgehead atoms. The van der Waals surface area contributed by atoms with Crippen molar-refractivity contribution in [2.45, 2.75) is 46.0 Å². The van der Waals surface area contributed by atoms with Crippen LogP contribution in [0, 0.1) is 13.8 Å². The Kier molecular flexibility index (Phi) is 7.73. The van der Waals surface area contributed by atoms with Crippen molar-refractivity contribution in [2.24, 2.45) is 0 Å². The van der Waals surface area contributed by atoms with E-state index in [4.69, 9.17) is 4.98 Å². The lowest BCUT2D eigenvalue weighted by atomic mass is 9.90. The monoisotopic (exact) mass is 456 g/mol. The Morgan fingerprint density at radius 1 is 1.03 bits per heavy atom. The summed E-state index contributed by atoms with van der Waals surface area (Å²) in [6, 6.07) is 10.6. The molecule has 4 rings (SSSR count). The highest BCUT2D eigenvalue weighted by Crippen LogP contribution is 2.33. The van der Waals surface area contributed by atoms with Crippen LogP contribution in [0.1, 0.15) is 51.9 Å². The zero-order chi connectivity index (χ0) is 21.3. The van der Waals surface area contributed by atoms with Crippen LogP contribution in [0.3, 0.4) is 0 Å². The van der Waals surface area contributed by atoms with Crippen LogP contribution in [0.25, 0.3) is 10.2 Å². The molecule has 1 aromatic heterocycles. The van der Waals surface area contributed by atoms with Crippen LogP contribution in [-0.4, -0.2) is 43.0 Å². The molecule has 166 valence electrons. The molecular formula is C25H31ClN3OS-. The summed E-state index contributed by atoms with van der Waals surface area (Å²) >= 11 is 1.62. The third-order valence-corrected chi connectivity index (χ3v) is 6.90. The molecule has 0 aliphatic heterocycles. The van der Waals surface area contributed by atoms with Gasteiger partial charge in [-0.1, -0.05) is 23.5 Å². The summed E-state index contributed by atoms with van der Waals surface area (Å²) in [5, 5.41) is 0.806. The number of hydrogen-bond donors (Lipinski definition) is 0. The van der Waals surface area contributed by atoms with Crippen LogP contribution in [0.2, 0.25) is 0 Å². The molecule has 0 fully saturated rings. The van der Waals surface area contributed by atoms with Crippen LogP contribution in [0.5, 0.6) is 0 Å². The molecule has 6 heteroatoms. The van der Waals surface area contributed by atoms with Crippen molar-refractivity contribution in [1.82, 2.24) is 9.88 Å². The van der Waals surface area contributed by atoms with Gasteiger partial charge in [-0.05, 0) is 107 Å². The summed E-state index contributed by atoms with van der Waals surface area (Å²) in [7, 11) is 4.14. The van der Waals surface area contributed by atoms with Crippen LogP contribution < -0.4 is 17.3 Å². The molecule has 1 aliphatic rings. The number of aryl methyl sites for hydroxylation is 4. The fourth-order valence-electron chi connectivity index (χ4n) is 4.33. The Hall–Kier alpha value is -1.95. The number of anilines is 1. The maximum Gasteiger partial charge on any atom is 0.260 e. The molecule has 4 nitrogen and oxygen atoms in total. The normalized spacial score (nSPS) is 13.2. The van der Waals surface area contributed by atoms with Crippen molar-refractivity contribution in [3.63, 3.8) is 0 Å². The quantitative estimate of drug-likeness (QED) is 0.571. The largest absolute Gasteiger partial charge is 1.00 e. The molecule has 1 heterocycles. The summed E-state index contributed by atoms with van der Waals surface area (Å²) in [6.07, 6.45) is 5.59. The molecule has 0 saturated heterocycles. The second-order valence-corrected chi connectivity index (χ2v) is 9.74. The number of rotatable bonds is 6. The molecule has 0 saturated carbocycles. The molecule has 1 aliphatic carbocycles. The first-order chi connectivity index (χ1) is 14.4. The average Bonchev–Trinajstić information content (AvgIpc) is 3.14. The highest BCUT2D eigenvalue weighted by atomic mass is 35.5. The van der Waals surface area contributed by atoms with Crippen LogP contribution in [0.15, 0.2) is 30.3 Å². The fourth-order valence-corrected chi connectivity index (χ4v) is 5.49. The van der Waals surface area contributed by atoms with Gasteiger partial charge in [0.05, 0.1) is 10.2 Å². The summed E-state index contributed by atoms with van der Waals surface area (Å²) in [6.45, 7) is 5.82. The Morgan fingerprint density at radius 2 is 1.77 bits per heavy atom. The first-order valence-electron chi connectivity index (χ1n) is 10.9. The standard InChI is InChI=1S/C25H31N3OS.ClH/c1-17-14-18(2)23-22(15-17)30-25(26-23)28(13-7-12-27(3)4)24(29)21-11-10-19-8-5-6-9-20(19)16-21;/h10-11,14-16H,5-9,12-13H2,1-4H3;1H/p-1. The van der Waals surface area contributed by atoms with Crippen molar-refractivity contribution < 1.29 is 17.2 Å². The third-order valence-electron chi connectivity index (χ3n) is 5.88. The van der Waals surface area contributed by atoms with Gasteiger partial charge in [0.25, 0.3) is 5.91 Å². The molecule has 3 aromatic rings. The van der Waals surface area contributed by atoms with E-state index in [2.05, 4.69) is 57.1 Å². The average molecular weight is 457 g/mol. The Morgan fingerprint density at radius 3 is 2.52 bits per heavy atom.